The van der Waals surface area contributed by atoms with E-state index in [0.717, 1.165) is 55.5 Å². The molecule has 1 aliphatic heterocycles. The number of anilines is 2. The molecule has 25 heavy (non-hydrogen) atoms. The molecule has 0 atom stereocenters. The van der Waals surface area contributed by atoms with Gasteiger partial charge in [-0.05, 0) is 37.6 Å². The molecule has 0 spiro atoms. The van der Waals surface area contributed by atoms with E-state index in [1.165, 1.54) is 28.9 Å². The van der Waals surface area contributed by atoms with Crippen LogP contribution in [0.5, 0.6) is 0 Å². The van der Waals surface area contributed by atoms with E-state index in [4.69, 9.17) is 4.98 Å². The van der Waals surface area contributed by atoms with E-state index in [1.54, 1.807) is 17.7 Å². The summed E-state index contributed by atoms with van der Waals surface area (Å²) in [6.07, 6.45) is 5.11. The summed E-state index contributed by atoms with van der Waals surface area (Å²) in [4.78, 5) is 24.2. The first-order valence-corrected chi connectivity index (χ1v) is 9.72. The fraction of sp³-hybridized carbons (Fsp3) is 0.444. The maximum atomic E-state index is 4.78. The fourth-order valence-corrected chi connectivity index (χ4v) is 4.68. The van der Waals surface area contributed by atoms with Crippen LogP contribution in [0.2, 0.25) is 0 Å². The topological polar surface area (TPSA) is 58.0 Å². The van der Waals surface area contributed by atoms with Crippen molar-refractivity contribution in [3.8, 4) is 0 Å². The highest BCUT2D eigenvalue weighted by molar-refractivity contribution is 7.16. The number of aryl methyl sites for hydroxylation is 2. The first-order chi connectivity index (χ1) is 12.3. The fourth-order valence-electron chi connectivity index (χ4n) is 3.95. The standard InChI is InChI=1S/C18H20N6S/c1-12-21-15-4-2-3-13(15)17(22-12)24-8-6-23(7-9-24)16-14-5-10-25-18(14)20-11-19-16/h5,10-11H,2-4,6-9H2,1H3. The normalized spacial score (nSPS) is 17.3. The van der Waals surface area contributed by atoms with Crippen molar-refractivity contribution in [2.45, 2.75) is 26.2 Å². The predicted octanol–water partition coefficient (Wildman–Crippen LogP) is 2.61. The van der Waals surface area contributed by atoms with Crippen LogP contribution in [0, 0.1) is 6.92 Å². The van der Waals surface area contributed by atoms with Gasteiger partial charge in [0.2, 0.25) is 0 Å². The van der Waals surface area contributed by atoms with Gasteiger partial charge in [0.1, 0.15) is 28.6 Å². The van der Waals surface area contributed by atoms with E-state index in [9.17, 15) is 0 Å². The average molecular weight is 352 g/mol. The van der Waals surface area contributed by atoms with E-state index in [0.29, 0.717) is 0 Å². The zero-order valence-corrected chi connectivity index (χ0v) is 15.1. The van der Waals surface area contributed by atoms with Gasteiger partial charge in [0.25, 0.3) is 0 Å². The highest BCUT2D eigenvalue weighted by Gasteiger charge is 2.26. The van der Waals surface area contributed by atoms with E-state index < -0.39 is 0 Å². The molecule has 1 aliphatic carbocycles. The molecule has 0 aromatic carbocycles. The van der Waals surface area contributed by atoms with Gasteiger partial charge < -0.3 is 9.80 Å². The molecule has 0 N–H and O–H groups in total. The van der Waals surface area contributed by atoms with Gasteiger partial charge in [0.05, 0.1) is 5.39 Å². The molecule has 1 saturated heterocycles. The van der Waals surface area contributed by atoms with Crippen molar-refractivity contribution in [1.29, 1.82) is 0 Å². The molecule has 0 unspecified atom stereocenters. The summed E-state index contributed by atoms with van der Waals surface area (Å²) < 4.78 is 0. The minimum absolute atomic E-state index is 0.897. The van der Waals surface area contributed by atoms with E-state index >= 15 is 0 Å². The molecule has 7 heteroatoms. The lowest BCUT2D eigenvalue weighted by Crippen LogP contribution is -2.47. The Morgan fingerprint density at radius 2 is 1.76 bits per heavy atom. The largest absolute Gasteiger partial charge is 0.353 e. The molecule has 5 rings (SSSR count). The van der Waals surface area contributed by atoms with Crippen LogP contribution in [0.25, 0.3) is 10.2 Å². The first-order valence-electron chi connectivity index (χ1n) is 8.84. The van der Waals surface area contributed by atoms with Crippen LogP contribution in [0.15, 0.2) is 17.8 Å². The maximum Gasteiger partial charge on any atom is 0.140 e. The summed E-state index contributed by atoms with van der Waals surface area (Å²) in [5, 5.41) is 3.26. The van der Waals surface area contributed by atoms with Crippen LogP contribution in [0.3, 0.4) is 0 Å². The Kier molecular flexibility index (Phi) is 3.55. The number of nitrogens with zero attached hydrogens (tertiary/aromatic N) is 6. The Morgan fingerprint density at radius 1 is 0.960 bits per heavy atom. The van der Waals surface area contributed by atoms with Gasteiger partial charge in [-0.3, -0.25) is 0 Å². The molecular weight excluding hydrogens is 332 g/mol. The number of hydrogen-bond acceptors (Lipinski definition) is 7. The Bertz CT molecular complexity index is 928. The SMILES string of the molecule is Cc1nc2c(c(N3CCN(c4ncnc5sccc45)CC3)n1)CCC2. The molecule has 2 aliphatic rings. The predicted molar refractivity (Wildman–Crippen MR) is 101 cm³/mol. The summed E-state index contributed by atoms with van der Waals surface area (Å²) in [6.45, 7) is 5.86. The lowest BCUT2D eigenvalue weighted by molar-refractivity contribution is 0.638. The van der Waals surface area contributed by atoms with Gasteiger partial charge in [0.15, 0.2) is 0 Å². The second kappa shape index (κ2) is 5.91. The van der Waals surface area contributed by atoms with Gasteiger partial charge in [0, 0.05) is 37.4 Å². The lowest BCUT2D eigenvalue weighted by atomic mass is 10.2. The van der Waals surface area contributed by atoms with Crippen molar-refractivity contribution in [3.63, 3.8) is 0 Å². The van der Waals surface area contributed by atoms with Crippen LogP contribution in [0.4, 0.5) is 11.6 Å². The molecule has 3 aromatic rings. The third-order valence-electron chi connectivity index (χ3n) is 5.14. The first kappa shape index (κ1) is 15.0. The molecule has 6 nitrogen and oxygen atoms in total. The van der Waals surface area contributed by atoms with Crippen LogP contribution in [-0.2, 0) is 12.8 Å². The van der Waals surface area contributed by atoms with Crippen molar-refractivity contribution in [2.75, 3.05) is 36.0 Å². The number of hydrogen-bond donors (Lipinski definition) is 0. The van der Waals surface area contributed by atoms with Crippen LogP contribution in [0.1, 0.15) is 23.5 Å². The third kappa shape index (κ3) is 2.54. The molecular formula is C18H20N6S. The van der Waals surface area contributed by atoms with Gasteiger partial charge in [-0.1, -0.05) is 0 Å². The molecule has 4 heterocycles. The Morgan fingerprint density at radius 3 is 2.60 bits per heavy atom. The van der Waals surface area contributed by atoms with Crippen LogP contribution in [-0.4, -0.2) is 46.1 Å². The number of fused-ring (bicyclic) bond motifs is 2. The Hall–Kier alpha value is -2.28. The molecule has 0 amide bonds. The number of thiophene rings is 1. The lowest BCUT2D eigenvalue weighted by Gasteiger charge is -2.37. The van der Waals surface area contributed by atoms with Gasteiger partial charge in [-0.2, -0.15) is 0 Å². The molecule has 0 bridgehead atoms. The van der Waals surface area contributed by atoms with Crippen molar-refractivity contribution in [1.82, 2.24) is 19.9 Å². The monoisotopic (exact) mass is 352 g/mol. The van der Waals surface area contributed by atoms with Gasteiger partial charge in [-0.25, -0.2) is 19.9 Å². The number of rotatable bonds is 2. The summed E-state index contributed by atoms with van der Waals surface area (Å²) >= 11 is 1.67. The molecule has 0 saturated carbocycles. The van der Waals surface area contributed by atoms with Gasteiger partial charge in [-0.15, -0.1) is 11.3 Å². The summed E-state index contributed by atoms with van der Waals surface area (Å²) in [6, 6.07) is 2.13. The Labute approximate surface area is 150 Å². The quantitative estimate of drug-likeness (QED) is 0.707. The summed E-state index contributed by atoms with van der Waals surface area (Å²) in [5.41, 5.74) is 2.64. The van der Waals surface area contributed by atoms with Crippen molar-refractivity contribution in [3.05, 3.63) is 34.9 Å². The second-order valence-electron chi connectivity index (χ2n) is 6.68. The minimum Gasteiger partial charge on any atom is -0.353 e. The molecule has 1 fully saturated rings. The molecule has 3 aromatic heterocycles. The highest BCUT2D eigenvalue weighted by atomic mass is 32.1. The smallest absolute Gasteiger partial charge is 0.140 e. The second-order valence-corrected chi connectivity index (χ2v) is 7.58. The third-order valence-corrected chi connectivity index (χ3v) is 5.96. The minimum atomic E-state index is 0.897. The van der Waals surface area contributed by atoms with Crippen LogP contribution < -0.4 is 9.80 Å². The van der Waals surface area contributed by atoms with E-state index in [1.807, 2.05) is 6.92 Å². The zero-order chi connectivity index (χ0) is 16.8. The van der Waals surface area contributed by atoms with E-state index in [-0.39, 0.29) is 0 Å². The Balaban J connectivity index is 1.40. The molecule has 128 valence electrons. The van der Waals surface area contributed by atoms with Crippen molar-refractivity contribution in [2.24, 2.45) is 0 Å². The number of aromatic nitrogens is 4. The zero-order valence-electron chi connectivity index (χ0n) is 14.3. The average Bonchev–Trinajstić information content (AvgIpc) is 3.29. The van der Waals surface area contributed by atoms with E-state index in [2.05, 4.69) is 36.2 Å². The van der Waals surface area contributed by atoms with Crippen molar-refractivity contribution < 1.29 is 0 Å². The molecule has 0 radical (unpaired) electrons. The number of piperazine rings is 1. The highest BCUT2D eigenvalue weighted by Crippen LogP contribution is 2.31. The maximum absolute atomic E-state index is 4.78. The summed E-state index contributed by atoms with van der Waals surface area (Å²) in [7, 11) is 0. The van der Waals surface area contributed by atoms with Gasteiger partial charge >= 0.3 is 0 Å². The summed E-state index contributed by atoms with van der Waals surface area (Å²) in [5.74, 6) is 3.13. The van der Waals surface area contributed by atoms with Crippen LogP contribution >= 0.6 is 11.3 Å². The van der Waals surface area contributed by atoms with Crippen molar-refractivity contribution >= 4 is 33.2 Å².